The zero-order valence-electron chi connectivity index (χ0n) is 22.2. The van der Waals surface area contributed by atoms with Crippen molar-refractivity contribution in [1.82, 2.24) is 25.2 Å². The summed E-state index contributed by atoms with van der Waals surface area (Å²) in [6, 6.07) is 21.8. The predicted octanol–water partition coefficient (Wildman–Crippen LogP) is 3.81. The quantitative estimate of drug-likeness (QED) is 0.337. The summed E-state index contributed by atoms with van der Waals surface area (Å²) < 4.78 is 12.9. The van der Waals surface area contributed by atoms with E-state index < -0.39 is 6.04 Å². The van der Waals surface area contributed by atoms with Gasteiger partial charge in [-0.3, -0.25) is 9.59 Å². The maximum absolute atomic E-state index is 14.1. The van der Waals surface area contributed by atoms with Gasteiger partial charge in [-0.15, -0.1) is 5.10 Å². The lowest BCUT2D eigenvalue weighted by Gasteiger charge is -2.32. The molecule has 39 heavy (non-hydrogen) atoms. The van der Waals surface area contributed by atoms with Crippen LogP contribution in [0.3, 0.4) is 0 Å². The van der Waals surface area contributed by atoms with E-state index in [1.165, 1.54) is 0 Å². The first-order valence-corrected chi connectivity index (χ1v) is 13.2. The van der Waals surface area contributed by atoms with Crippen LogP contribution in [0.25, 0.3) is 11.0 Å². The fraction of sp³-hybridized carbons (Fsp3) is 0.333. The van der Waals surface area contributed by atoms with E-state index in [1.54, 1.807) is 16.7 Å². The van der Waals surface area contributed by atoms with Gasteiger partial charge in [-0.1, -0.05) is 65.4 Å². The minimum Gasteiger partial charge on any atom is -0.496 e. The number of hydrogen-bond acceptors (Lipinski definition) is 6. The van der Waals surface area contributed by atoms with Gasteiger partial charge in [-0.25, -0.2) is 4.68 Å². The molecule has 0 spiro atoms. The molecule has 0 saturated carbocycles. The smallest absolute Gasteiger partial charge is 0.247 e. The molecule has 0 radical (unpaired) electrons. The molecule has 9 nitrogen and oxygen atoms in total. The molecular formula is C30H33N5O4. The third-order valence-corrected chi connectivity index (χ3v) is 7.04. The average Bonchev–Trinajstić information content (AvgIpc) is 3.63. The summed E-state index contributed by atoms with van der Waals surface area (Å²) in [5.74, 6) is 0.111. The Morgan fingerprint density at radius 3 is 2.64 bits per heavy atom. The summed E-state index contributed by atoms with van der Waals surface area (Å²) in [4.78, 5) is 29.6. The van der Waals surface area contributed by atoms with E-state index in [2.05, 4.69) is 15.6 Å². The van der Waals surface area contributed by atoms with Gasteiger partial charge in [-0.2, -0.15) is 0 Å². The Kier molecular flexibility index (Phi) is 8.17. The second-order valence-corrected chi connectivity index (χ2v) is 9.76. The number of carbonyl (C=O) groups excluding carboxylic acids is 2. The second-order valence-electron chi connectivity index (χ2n) is 9.76. The molecule has 0 bridgehead atoms. The van der Waals surface area contributed by atoms with E-state index in [0.717, 1.165) is 35.0 Å². The number of para-hydroxylation sites is 2. The van der Waals surface area contributed by atoms with Crippen molar-refractivity contribution < 1.29 is 19.1 Å². The van der Waals surface area contributed by atoms with Gasteiger partial charge in [0, 0.05) is 18.7 Å². The van der Waals surface area contributed by atoms with E-state index >= 15 is 0 Å². The third-order valence-electron chi connectivity index (χ3n) is 7.04. The Labute approximate surface area is 227 Å². The lowest BCUT2D eigenvalue weighted by atomic mass is 10.0. The molecule has 1 fully saturated rings. The molecule has 5 rings (SSSR count). The number of carbonyl (C=O) groups is 2. The van der Waals surface area contributed by atoms with E-state index in [-0.39, 0.29) is 31.0 Å². The zero-order valence-corrected chi connectivity index (χ0v) is 22.2. The standard InChI is InChI=1S/C30H33N5O4/c1-21-13-15-22(16-14-21)29(30(37)31-18-24-9-7-17-39-24)34(19-23-8-3-6-12-27(23)38-2)28(36)20-35-26-11-5-4-10-25(26)32-33-35/h3-6,8,10-16,24,29H,7,9,17-20H2,1-2H3,(H,31,37)/t24-,29-/m1/s1. The Morgan fingerprint density at radius 1 is 1.10 bits per heavy atom. The van der Waals surface area contributed by atoms with Gasteiger partial charge in [-0.05, 0) is 43.5 Å². The Morgan fingerprint density at radius 2 is 1.87 bits per heavy atom. The first-order chi connectivity index (χ1) is 19.0. The van der Waals surface area contributed by atoms with Crippen LogP contribution in [0.15, 0.2) is 72.8 Å². The van der Waals surface area contributed by atoms with E-state index in [0.29, 0.717) is 24.4 Å². The molecular weight excluding hydrogens is 494 g/mol. The van der Waals surface area contributed by atoms with E-state index in [1.807, 2.05) is 79.7 Å². The van der Waals surface area contributed by atoms with Crippen molar-refractivity contribution >= 4 is 22.8 Å². The highest BCUT2D eigenvalue weighted by Crippen LogP contribution is 2.28. The first-order valence-electron chi connectivity index (χ1n) is 13.2. The van der Waals surface area contributed by atoms with Crippen LogP contribution in [0.2, 0.25) is 0 Å². The molecule has 4 aromatic rings. The van der Waals surface area contributed by atoms with Crippen molar-refractivity contribution in [3.63, 3.8) is 0 Å². The maximum atomic E-state index is 14.1. The highest BCUT2D eigenvalue weighted by Gasteiger charge is 2.33. The lowest BCUT2D eigenvalue weighted by Crippen LogP contribution is -2.46. The Balaban J connectivity index is 1.51. The molecule has 2 atom stereocenters. The van der Waals surface area contributed by atoms with Gasteiger partial charge < -0.3 is 19.7 Å². The van der Waals surface area contributed by atoms with E-state index in [4.69, 9.17) is 9.47 Å². The molecule has 1 aromatic heterocycles. The highest BCUT2D eigenvalue weighted by molar-refractivity contribution is 5.89. The molecule has 2 amide bonds. The van der Waals surface area contributed by atoms with Gasteiger partial charge >= 0.3 is 0 Å². The number of nitrogens with one attached hydrogen (secondary N) is 1. The Bertz CT molecular complexity index is 1430. The molecule has 2 heterocycles. The van der Waals surface area contributed by atoms with Gasteiger partial charge in [0.15, 0.2) is 0 Å². The van der Waals surface area contributed by atoms with Crippen molar-refractivity contribution in [2.45, 2.75) is 45.0 Å². The van der Waals surface area contributed by atoms with Crippen molar-refractivity contribution in [2.24, 2.45) is 0 Å². The van der Waals surface area contributed by atoms with Crippen LogP contribution in [0.1, 0.15) is 35.6 Å². The minimum absolute atomic E-state index is 0.0208. The second kappa shape index (κ2) is 12.1. The number of rotatable bonds is 10. The first kappa shape index (κ1) is 26.4. The molecule has 0 unspecified atom stereocenters. The molecule has 9 heteroatoms. The molecule has 1 saturated heterocycles. The highest BCUT2D eigenvalue weighted by atomic mass is 16.5. The fourth-order valence-electron chi connectivity index (χ4n) is 4.93. The van der Waals surface area contributed by atoms with Gasteiger partial charge in [0.1, 0.15) is 23.9 Å². The lowest BCUT2D eigenvalue weighted by molar-refractivity contribution is -0.142. The van der Waals surface area contributed by atoms with Crippen LogP contribution in [-0.2, 0) is 27.4 Å². The van der Waals surface area contributed by atoms with Gasteiger partial charge in [0.2, 0.25) is 11.8 Å². The number of amides is 2. The Hall–Kier alpha value is -4.24. The van der Waals surface area contributed by atoms with Crippen molar-refractivity contribution in [3.05, 3.63) is 89.5 Å². The number of aromatic nitrogens is 3. The van der Waals surface area contributed by atoms with E-state index in [9.17, 15) is 9.59 Å². The largest absolute Gasteiger partial charge is 0.496 e. The molecule has 0 aliphatic carbocycles. The van der Waals surface area contributed by atoms with Crippen molar-refractivity contribution in [2.75, 3.05) is 20.3 Å². The predicted molar refractivity (Wildman–Crippen MR) is 147 cm³/mol. The van der Waals surface area contributed by atoms with Crippen molar-refractivity contribution in [3.8, 4) is 5.75 Å². The van der Waals surface area contributed by atoms with Crippen LogP contribution in [0.4, 0.5) is 0 Å². The SMILES string of the molecule is COc1ccccc1CN(C(=O)Cn1nnc2ccccc21)[C@@H](C(=O)NC[C@H]1CCCO1)c1ccc(C)cc1. The third kappa shape index (κ3) is 6.09. The summed E-state index contributed by atoms with van der Waals surface area (Å²) in [5, 5.41) is 11.5. The number of hydrogen-bond donors (Lipinski definition) is 1. The zero-order chi connectivity index (χ0) is 27.2. The summed E-state index contributed by atoms with van der Waals surface area (Å²) in [5.41, 5.74) is 4.02. The number of ether oxygens (including phenoxy) is 2. The minimum atomic E-state index is -0.876. The van der Waals surface area contributed by atoms with Gasteiger partial charge in [0.05, 0.1) is 25.3 Å². The van der Waals surface area contributed by atoms with Crippen LogP contribution in [-0.4, -0.2) is 58.1 Å². The monoisotopic (exact) mass is 527 g/mol. The fourth-order valence-corrected chi connectivity index (χ4v) is 4.93. The number of methoxy groups -OCH3 is 1. The van der Waals surface area contributed by atoms with Crippen LogP contribution in [0.5, 0.6) is 5.75 Å². The topological polar surface area (TPSA) is 98.6 Å². The molecule has 202 valence electrons. The summed E-state index contributed by atoms with van der Waals surface area (Å²) in [7, 11) is 1.60. The maximum Gasteiger partial charge on any atom is 0.247 e. The molecule has 1 aliphatic rings. The summed E-state index contributed by atoms with van der Waals surface area (Å²) >= 11 is 0. The van der Waals surface area contributed by atoms with Crippen molar-refractivity contribution in [1.29, 1.82) is 0 Å². The normalized spacial score (nSPS) is 15.7. The number of nitrogens with zero attached hydrogens (tertiary/aromatic N) is 4. The van der Waals surface area contributed by atoms with Crippen LogP contribution in [0, 0.1) is 6.92 Å². The van der Waals surface area contributed by atoms with Crippen LogP contribution < -0.4 is 10.1 Å². The number of benzene rings is 3. The molecule has 1 aliphatic heterocycles. The number of fused-ring (bicyclic) bond motifs is 1. The summed E-state index contributed by atoms with van der Waals surface area (Å²) in [6.45, 7) is 3.18. The molecule has 1 N–H and O–H groups in total. The average molecular weight is 528 g/mol. The van der Waals surface area contributed by atoms with Crippen LogP contribution >= 0.6 is 0 Å². The molecule has 3 aromatic carbocycles. The van der Waals surface area contributed by atoms with Gasteiger partial charge in [0.25, 0.3) is 0 Å². The number of aryl methyl sites for hydroxylation is 1. The summed E-state index contributed by atoms with van der Waals surface area (Å²) in [6.07, 6.45) is 1.86.